The molecule has 0 saturated carbocycles. The van der Waals surface area contributed by atoms with Gasteiger partial charge in [0.05, 0.1) is 13.2 Å². The van der Waals surface area contributed by atoms with Crippen LogP contribution < -0.4 is 5.73 Å². The summed E-state index contributed by atoms with van der Waals surface area (Å²) in [6.45, 7) is 3.46. The van der Waals surface area contributed by atoms with E-state index >= 15 is 0 Å². The van der Waals surface area contributed by atoms with Crippen LogP contribution in [-0.2, 0) is 32.7 Å². The average molecular weight is 682 g/mol. The molecule has 2 unspecified atom stereocenters. The fraction of sp³-hybridized carbons (Fsp3) is 0.676. The van der Waals surface area contributed by atoms with Crippen LogP contribution in [0.25, 0.3) is 0 Å². The zero-order chi connectivity index (χ0) is 34.7. The van der Waals surface area contributed by atoms with Crippen LogP contribution in [0.3, 0.4) is 0 Å². The van der Waals surface area contributed by atoms with E-state index in [0.29, 0.717) is 6.42 Å². The first-order valence-corrected chi connectivity index (χ1v) is 19.3. The molecular weight excluding hydrogens is 617 g/mol. The SMILES string of the molecule is CC/C=C\C/C=C\C/C=C\C/C=C\C/C=C\CCCCCCCC(=O)OC(COC(=O)CCCCCCC)COP(=O)(O)OCCN. The zero-order valence-electron chi connectivity index (χ0n) is 29.2. The molecule has 0 aromatic carbocycles. The number of carbonyl (C=O) groups is 2. The van der Waals surface area contributed by atoms with E-state index in [1.165, 1.54) is 0 Å². The van der Waals surface area contributed by atoms with Crippen LogP contribution in [0.4, 0.5) is 0 Å². The topological polar surface area (TPSA) is 134 Å². The number of unbranched alkanes of at least 4 members (excludes halogenated alkanes) is 9. The van der Waals surface area contributed by atoms with Crippen molar-refractivity contribution < 1.29 is 37.6 Å². The number of hydrogen-bond donors (Lipinski definition) is 2. The van der Waals surface area contributed by atoms with Crippen LogP contribution in [0.2, 0.25) is 0 Å². The molecule has 0 heterocycles. The third-order valence-corrected chi connectivity index (χ3v) is 7.90. The second-order valence-electron chi connectivity index (χ2n) is 11.4. The Hall–Kier alpha value is -2.29. The summed E-state index contributed by atoms with van der Waals surface area (Å²) in [6, 6.07) is 0. The van der Waals surface area contributed by atoms with Gasteiger partial charge < -0.3 is 20.1 Å². The molecule has 47 heavy (non-hydrogen) atoms. The number of carbonyl (C=O) groups excluding carboxylic acids is 2. The number of allylic oxidation sites excluding steroid dienone is 10. The van der Waals surface area contributed by atoms with Crippen LogP contribution >= 0.6 is 7.82 Å². The number of hydrogen-bond acceptors (Lipinski definition) is 8. The highest BCUT2D eigenvalue weighted by Gasteiger charge is 2.25. The quantitative estimate of drug-likeness (QED) is 0.0308. The van der Waals surface area contributed by atoms with Gasteiger partial charge >= 0.3 is 19.8 Å². The summed E-state index contributed by atoms with van der Waals surface area (Å²) < 4.78 is 32.4. The van der Waals surface area contributed by atoms with E-state index in [4.69, 9.17) is 24.3 Å². The lowest BCUT2D eigenvalue weighted by atomic mass is 10.1. The fourth-order valence-corrected chi connectivity index (χ4v) is 5.07. The van der Waals surface area contributed by atoms with Gasteiger partial charge in [0.2, 0.25) is 0 Å². The van der Waals surface area contributed by atoms with Crippen LogP contribution in [0, 0.1) is 0 Å². The molecule has 3 N–H and O–H groups in total. The predicted octanol–water partition coefficient (Wildman–Crippen LogP) is 9.38. The molecule has 0 radical (unpaired) electrons. The van der Waals surface area contributed by atoms with E-state index in [-0.39, 0.29) is 32.6 Å². The minimum absolute atomic E-state index is 0.0472. The largest absolute Gasteiger partial charge is 0.472 e. The third kappa shape index (κ3) is 33.4. The van der Waals surface area contributed by atoms with Gasteiger partial charge in [-0.15, -0.1) is 0 Å². The Morgan fingerprint density at radius 2 is 1.17 bits per heavy atom. The smallest absolute Gasteiger partial charge is 0.462 e. The van der Waals surface area contributed by atoms with E-state index in [1.54, 1.807) is 0 Å². The van der Waals surface area contributed by atoms with Crippen molar-refractivity contribution in [2.45, 2.75) is 136 Å². The standard InChI is InChI=1S/C37H64NO8P/c1-3-5-7-9-10-11-12-13-14-15-16-17-18-19-20-21-22-23-24-26-28-30-37(40)46-35(34-45-47(41,42)44-32-31-38)33-43-36(39)29-27-25-8-6-4-2/h5,7,10-11,13-14,16-17,19-20,35H,3-4,6,8-9,12,15,18,21-34,38H2,1-2H3,(H,41,42)/b7-5-,11-10-,14-13-,17-16-,20-19-. The van der Waals surface area contributed by atoms with E-state index in [9.17, 15) is 19.0 Å². The second kappa shape index (κ2) is 33.6. The maximum Gasteiger partial charge on any atom is 0.472 e. The van der Waals surface area contributed by atoms with Crippen molar-refractivity contribution in [2.75, 3.05) is 26.4 Å². The van der Waals surface area contributed by atoms with Gasteiger partial charge in [0.1, 0.15) is 6.61 Å². The molecule has 270 valence electrons. The molecule has 0 saturated heterocycles. The van der Waals surface area contributed by atoms with Gasteiger partial charge in [-0.2, -0.15) is 0 Å². The number of ether oxygens (including phenoxy) is 2. The molecule has 0 aliphatic rings. The highest BCUT2D eigenvalue weighted by atomic mass is 31.2. The Labute approximate surface area is 285 Å². The molecule has 9 nitrogen and oxygen atoms in total. The minimum atomic E-state index is -4.37. The molecule has 0 aromatic heterocycles. The Bertz CT molecular complexity index is 960. The summed E-state index contributed by atoms with van der Waals surface area (Å²) in [4.78, 5) is 34.3. The minimum Gasteiger partial charge on any atom is -0.462 e. The van der Waals surface area contributed by atoms with Crippen molar-refractivity contribution in [3.05, 3.63) is 60.8 Å². The molecule has 0 spiro atoms. The molecule has 0 aliphatic heterocycles. The van der Waals surface area contributed by atoms with E-state index < -0.39 is 32.5 Å². The monoisotopic (exact) mass is 681 g/mol. The summed E-state index contributed by atoms with van der Waals surface area (Å²) in [5, 5.41) is 0. The molecule has 0 amide bonds. The average Bonchev–Trinajstić information content (AvgIpc) is 3.05. The molecule has 0 aliphatic carbocycles. The Morgan fingerprint density at radius 1 is 0.660 bits per heavy atom. The van der Waals surface area contributed by atoms with Crippen LogP contribution in [0.15, 0.2) is 60.8 Å². The van der Waals surface area contributed by atoms with Crippen molar-refractivity contribution >= 4 is 19.8 Å². The van der Waals surface area contributed by atoms with Gasteiger partial charge in [0.15, 0.2) is 6.10 Å². The molecule has 0 aromatic rings. The lowest BCUT2D eigenvalue weighted by molar-refractivity contribution is -0.161. The van der Waals surface area contributed by atoms with Crippen molar-refractivity contribution in [3.8, 4) is 0 Å². The van der Waals surface area contributed by atoms with Gasteiger partial charge in [-0.3, -0.25) is 18.6 Å². The van der Waals surface area contributed by atoms with Crippen molar-refractivity contribution in [1.29, 1.82) is 0 Å². The van der Waals surface area contributed by atoms with Gasteiger partial charge in [-0.1, -0.05) is 120 Å². The fourth-order valence-electron chi connectivity index (χ4n) is 4.31. The maximum absolute atomic E-state index is 12.4. The molecule has 0 rings (SSSR count). The normalized spacial score (nSPS) is 14.2. The third-order valence-electron chi connectivity index (χ3n) is 6.92. The number of rotatable bonds is 32. The van der Waals surface area contributed by atoms with E-state index in [0.717, 1.165) is 96.3 Å². The van der Waals surface area contributed by atoms with Crippen molar-refractivity contribution in [1.82, 2.24) is 0 Å². The zero-order valence-corrected chi connectivity index (χ0v) is 30.1. The molecule has 0 bridgehead atoms. The lowest BCUT2D eigenvalue weighted by Crippen LogP contribution is -2.29. The Balaban J connectivity index is 4.17. The predicted molar refractivity (Wildman–Crippen MR) is 192 cm³/mol. The molecular formula is C37H64NO8P. The first kappa shape index (κ1) is 44.7. The molecule has 0 fully saturated rings. The van der Waals surface area contributed by atoms with Crippen LogP contribution in [0.5, 0.6) is 0 Å². The number of nitrogens with two attached hydrogens (primary N) is 1. The summed E-state index contributed by atoms with van der Waals surface area (Å²) in [7, 11) is -4.37. The highest BCUT2D eigenvalue weighted by Crippen LogP contribution is 2.43. The van der Waals surface area contributed by atoms with Crippen LogP contribution in [-0.4, -0.2) is 49.3 Å². The lowest BCUT2D eigenvalue weighted by Gasteiger charge is -2.19. The summed E-state index contributed by atoms with van der Waals surface area (Å²) in [6.07, 6.45) is 37.2. The van der Waals surface area contributed by atoms with Gasteiger partial charge in [0.25, 0.3) is 0 Å². The molecule has 10 heteroatoms. The Kier molecular flexibility index (Phi) is 32.0. The molecule has 2 atom stereocenters. The first-order chi connectivity index (χ1) is 22.8. The second-order valence-corrected chi connectivity index (χ2v) is 12.8. The number of esters is 2. The van der Waals surface area contributed by atoms with E-state index in [1.807, 2.05) is 0 Å². The summed E-state index contributed by atoms with van der Waals surface area (Å²) in [5.41, 5.74) is 5.30. The van der Waals surface area contributed by atoms with Gasteiger partial charge in [0, 0.05) is 19.4 Å². The number of phosphoric acid groups is 1. The van der Waals surface area contributed by atoms with Crippen LogP contribution in [0.1, 0.15) is 129 Å². The van der Waals surface area contributed by atoms with Crippen molar-refractivity contribution in [3.63, 3.8) is 0 Å². The Morgan fingerprint density at radius 3 is 1.74 bits per heavy atom. The first-order valence-electron chi connectivity index (χ1n) is 17.8. The highest BCUT2D eigenvalue weighted by molar-refractivity contribution is 7.47. The van der Waals surface area contributed by atoms with E-state index in [2.05, 4.69) is 74.6 Å². The van der Waals surface area contributed by atoms with Gasteiger partial charge in [-0.05, 0) is 57.8 Å². The van der Waals surface area contributed by atoms with Crippen molar-refractivity contribution in [2.24, 2.45) is 5.73 Å². The van der Waals surface area contributed by atoms with Gasteiger partial charge in [-0.25, -0.2) is 4.57 Å². The maximum atomic E-state index is 12.4. The summed E-state index contributed by atoms with van der Waals surface area (Å²) >= 11 is 0. The summed E-state index contributed by atoms with van der Waals surface area (Å²) in [5.74, 6) is -0.873. The number of phosphoric ester groups is 1.